The van der Waals surface area contributed by atoms with Gasteiger partial charge in [-0.25, -0.2) is 9.50 Å². The number of fused-ring (bicyclic) bond motifs is 2. The zero-order chi connectivity index (χ0) is 16.7. The second-order valence-electron chi connectivity index (χ2n) is 6.03. The van der Waals surface area contributed by atoms with E-state index < -0.39 is 0 Å². The van der Waals surface area contributed by atoms with Gasteiger partial charge in [0.1, 0.15) is 11.3 Å². The SMILES string of the molecule is Cc1cc(C)n2ncc(C(=O)NC3CCOc4ccccc43)c2n1. The second-order valence-corrected chi connectivity index (χ2v) is 6.03. The maximum absolute atomic E-state index is 12.8. The van der Waals surface area contributed by atoms with Crippen LogP contribution in [0.25, 0.3) is 5.65 Å². The fourth-order valence-electron chi connectivity index (χ4n) is 3.16. The Morgan fingerprint density at radius 3 is 3.04 bits per heavy atom. The largest absolute Gasteiger partial charge is 0.493 e. The lowest BCUT2D eigenvalue weighted by Gasteiger charge is -2.26. The molecule has 1 N–H and O–H groups in total. The molecule has 0 bridgehead atoms. The number of nitrogens with zero attached hydrogens (tertiary/aromatic N) is 3. The lowest BCUT2D eigenvalue weighted by molar-refractivity contribution is 0.0926. The molecule has 6 heteroatoms. The minimum Gasteiger partial charge on any atom is -0.493 e. The molecule has 0 spiro atoms. The van der Waals surface area contributed by atoms with Crippen LogP contribution in [0, 0.1) is 13.8 Å². The molecule has 4 rings (SSSR count). The number of hydrogen-bond donors (Lipinski definition) is 1. The standard InChI is InChI=1S/C18H18N4O2/c1-11-9-12(2)22-17(20-11)14(10-19-22)18(23)21-15-7-8-24-16-6-4-3-5-13(15)16/h3-6,9-10,15H,7-8H2,1-2H3,(H,21,23). The van der Waals surface area contributed by atoms with Crippen molar-refractivity contribution in [3.05, 3.63) is 59.0 Å². The maximum Gasteiger partial charge on any atom is 0.257 e. The maximum atomic E-state index is 12.8. The van der Waals surface area contributed by atoms with Crippen LogP contribution in [0.4, 0.5) is 0 Å². The van der Waals surface area contributed by atoms with Crippen molar-refractivity contribution >= 4 is 11.6 Å². The normalized spacial score (nSPS) is 16.5. The second kappa shape index (κ2) is 5.63. The molecule has 1 amide bonds. The van der Waals surface area contributed by atoms with Gasteiger partial charge >= 0.3 is 0 Å². The van der Waals surface area contributed by atoms with E-state index in [0.717, 1.165) is 29.1 Å². The first-order chi connectivity index (χ1) is 11.6. The van der Waals surface area contributed by atoms with Crippen LogP contribution < -0.4 is 10.1 Å². The number of hydrogen-bond acceptors (Lipinski definition) is 4. The number of ether oxygens (including phenoxy) is 1. The number of carbonyl (C=O) groups excluding carboxylic acids is 1. The van der Waals surface area contributed by atoms with Crippen molar-refractivity contribution in [3.8, 4) is 5.75 Å². The summed E-state index contributed by atoms with van der Waals surface area (Å²) < 4.78 is 7.34. The highest BCUT2D eigenvalue weighted by Gasteiger charge is 2.24. The topological polar surface area (TPSA) is 68.5 Å². The summed E-state index contributed by atoms with van der Waals surface area (Å²) in [5.41, 5.74) is 3.91. The Kier molecular flexibility index (Phi) is 3.45. The highest BCUT2D eigenvalue weighted by Crippen LogP contribution is 2.31. The predicted molar refractivity (Wildman–Crippen MR) is 89.2 cm³/mol. The molecule has 1 aliphatic heterocycles. The van der Waals surface area contributed by atoms with E-state index in [4.69, 9.17) is 4.74 Å². The molecule has 3 aromatic rings. The summed E-state index contributed by atoms with van der Waals surface area (Å²) in [6.45, 7) is 4.45. The van der Waals surface area contributed by atoms with Crippen LogP contribution in [-0.4, -0.2) is 27.1 Å². The highest BCUT2D eigenvalue weighted by atomic mass is 16.5. The number of carbonyl (C=O) groups is 1. The van der Waals surface area contributed by atoms with E-state index in [2.05, 4.69) is 15.4 Å². The van der Waals surface area contributed by atoms with Crippen LogP contribution in [0.15, 0.2) is 36.5 Å². The third-order valence-electron chi connectivity index (χ3n) is 4.29. The predicted octanol–water partition coefficient (Wildman–Crippen LogP) is 2.60. The quantitative estimate of drug-likeness (QED) is 0.787. The zero-order valence-electron chi connectivity index (χ0n) is 13.6. The lowest BCUT2D eigenvalue weighted by atomic mass is 10.0. The van der Waals surface area contributed by atoms with E-state index in [9.17, 15) is 4.79 Å². The number of rotatable bonds is 2. The summed E-state index contributed by atoms with van der Waals surface area (Å²) in [5.74, 6) is 0.669. The monoisotopic (exact) mass is 322 g/mol. The summed E-state index contributed by atoms with van der Waals surface area (Å²) >= 11 is 0. The van der Waals surface area contributed by atoms with Gasteiger partial charge in [-0.1, -0.05) is 18.2 Å². The Morgan fingerprint density at radius 1 is 1.33 bits per heavy atom. The van der Waals surface area contributed by atoms with Crippen molar-refractivity contribution < 1.29 is 9.53 Å². The fraction of sp³-hybridized carbons (Fsp3) is 0.278. The summed E-state index contributed by atoms with van der Waals surface area (Å²) in [5, 5.41) is 7.38. The van der Waals surface area contributed by atoms with Crippen molar-refractivity contribution in [2.45, 2.75) is 26.3 Å². The Hall–Kier alpha value is -2.89. The molecular weight excluding hydrogens is 304 g/mol. The Bertz CT molecular complexity index is 932. The van der Waals surface area contributed by atoms with Gasteiger partial charge in [0.05, 0.1) is 18.8 Å². The van der Waals surface area contributed by atoms with Crippen molar-refractivity contribution in [1.82, 2.24) is 19.9 Å². The molecule has 24 heavy (non-hydrogen) atoms. The first-order valence-electron chi connectivity index (χ1n) is 7.98. The van der Waals surface area contributed by atoms with Gasteiger partial charge in [-0.3, -0.25) is 4.79 Å². The molecule has 6 nitrogen and oxygen atoms in total. The van der Waals surface area contributed by atoms with Gasteiger partial charge in [-0.15, -0.1) is 0 Å². The summed E-state index contributed by atoms with van der Waals surface area (Å²) in [6, 6.07) is 9.68. The molecule has 122 valence electrons. The Labute approximate surface area is 139 Å². The lowest BCUT2D eigenvalue weighted by Crippen LogP contribution is -2.32. The summed E-state index contributed by atoms with van der Waals surface area (Å²) in [6.07, 6.45) is 2.32. The van der Waals surface area contributed by atoms with Crippen LogP contribution in [0.1, 0.15) is 39.8 Å². The van der Waals surface area contributed by atoms with Gasteiger partial charge in [0.2, 0.25) is 0 Å². The van der Waals surface area contributed by atoms with E-state index in [1.165, 1.54) is 0 Å². The first kappa shape index (κ1) is 14.7. The number of aryl methyl sites for hydroxylation is 2. The molecule has 1 unspecified atom stereocenters. The van der Waals surface area contributed by atoms with E-state index >= 15 is 0 Å². The molecule has 3 heterocycles. The number of para-hydroxylation sites is 1. The van der Waals surface area contributed by atoms with Gasteiger partial charge in [0.15, 0.2) is 5.65 Å². The van der Waals surface area contributed by atoms with Crippen LogP contribution in [0.5, 0.6) is 5.75 Å². The molecule has 0 aliphatic carbocycles. The van der Waals surface area contributed by atoms with Gasteiger partial charge in [0, 0.05) is 23.4 Å². The van der Waals surface area contributed by atoms with Crippen molar-refractivity contribution in [1.29, 1.82) is 0 Å². The van der Waals surface area contributed by atoms with Gasteiger partial charge in [-0.2, -0.15) is 5.10 Å². The van der Waals surface area contributed by atoms with Crippen molar-refractivity contribution in [3.63, 3.8) is 0 Å². The van der Waals surface area contributed by atoms with E-state index in [-0.39, 0.29) is 11.9 Å². The van der Waals surface area contributed by atoms with Crippen molar-refractivity contribution in [2.24, 2.45) is 0 Å². The highest BCUT2D eigenvalue weighted by molar-refractivity contribution is 5.99. The zero-order valence-corrected chi connectivity index (χ0v) is 13.6. The molecule has 1 aromatic carbocycles. The number of benzene rings is 1. The molecule has 2 aromatic heterocycles. The third-order valence-corrected chi connectivity index (χ3v) is 4.29. The average Bonchev–Trinajstić information content (AvgIpc) is 2.99. The molecule has 0 saturated heterocycles. The van der Waals surface area contributed by atoms with Crippen LogP contribution in [0.3, 0.4) is 0 Å². The molecule has 0 fully saturated rings. The molecular formula is C18H18N4O2. The molecule has 0 radical (unpaired) electrons. The molecule has 1 aliphatic rings. The van der Waals surface area contributed by atoms with Crippen molar-refractivity contribution in [2.75, 3.05) is 6.61 Å². The summed E-state index contributed by atoms with van der Waals surface area (Å²) in [7, 11) is 0. The number of aromatic nitrogens is 3. The summed E-state index contributed by atoms with van der Waals surface area (Å²) in [4.78, 5) is 17.2. The average molecular weight is 322 g/mol. The molecule has 0 saturated carbocycles. The smallest absolute Gasteiger partial charge is 0.257 e. The van der Waals surface area contributed by atoms with E-state index in [0.29, 0.717) is 17.8 Å². The Morgan fingerprint density at radius 2 is 2.17 bits per heavy atom. The van der Waals surface area contributed by atoms with Crippen LogP contribution in [0.2, 0.25) is 0 Å². The van der Waals surface area contributed by atoms with Gasteiger partial charge in [-0.05, 0) is 26.0 Å². The number of nitrogens with one attached hydrogen (secondary N) is 1. The van der Waals surface area contributed by atoms with E-state index in [1.54, 1.807) is 10.7 Å². The van der Waals surface area contributed by atoms with Gasteiger partial charge < -0.3 is 10.1 Å². The Balaban J connectivity index is 1.66. The van der Waals surface area contributed by atoms with E-state index in [1.807, 2.05) is 44.2 Å². The van der Waals surface area contributed by atoms with Crippen LogP contribution >= 0.6 is 0 Å². The first-order valence-corrected chi connectivity index (χ1v) is 7.98. The molecule has 1 atom stereocenters. The fourth-order valence-corrected chi connectivity index (χ4v) is 3.16. The minimum absolute atomic E-state index is 0.0664. The van der Waals surface area contributed by atoms with Gasteiger partial charge in [0.25, 0.3) is 5.91 Å². The third kappa shape index (κ3) is 2.40. The number of amides is 1. The van der Waals surface area contributed by atoms with Crippen LogP contribution in [-0.2, 0) is 0 Å². The minimum atomic E-state index is -0.163.